The minimum absolute atomic E-state index is 0.754. The lowest BCUT2D eigenvalue weighted by Gasteiger charge is -2.03. The molecule has 4 aromatic rings. The summed E-state index contributed by atoms with van der Waals surface area (Å²) >= 11 is 0. The first-order valence-electron chi connectivity index (χ1n) is 6.45. The Labute approximate surface area is 115 Å². The maximum absolute atomic E-state index is 4.42. The van der Waals surface area contributed by atoms with E-state index < -0.39 is 0 Å². The summed E-state index contributed by atoms with van der Waals surface area (Å²) in [6.07, 6.45) is 5.72. The number of hydrogen-bond donors (Lipinski definition) is 1. The van der Waals surface area contributed by atoms with Crippen LogP contribution in [0.3, 0.4) is 0 Å². The van der Waals surface area contributed by atoms with Crippen LogP contribution < -0.4 is 0 Å². The van der Waals surface area contributed by atoms with Crippen molar-refractivity contribution in [2.45, 2.75) is 6.92 Å². The van der Waals surface area contributed by atoms with Gasteiger partial charge in [-0.2, -0.15) is 0 Å². The van der Waals surface area contributed by atoms with Gasteiger partial charge in [0.2, 0.25) is 0 Å². The summed E-state index contributed by atoms with van der Waals surface area (Å²) in [5, 5.41) is 1.13. The Morgan fingerprint density at radius 1 is 1.20 bits per heavy atom. The summed E-state index contributed by atoms with van der Waals surface area (Å²) in [5.41, 5.74) is 4.89. The number of H-pyrrole nitrogens is 1. The lowest BCUT2D eigenvalue weighted by molar-refractivity contribution is 0.949. The van der Waals surface area contributed by atoms with Gasteiger partial charge in [0.25, 0.3) is 0 Å². The minimum atomic E-state index is 0.754. The van der Waals surface area contributed by atoms with Crippen molar-refractivity contribution in [2.24, 2.45) is 7.05 Å². The number of nitrogens with zero attached hydrogens (tertiary/aromatic N) is 4. The molecular formula is C15H13N5. The van der Waals surface area contributed by atoms with E-state index in [1.165, 1.54) is 0 Å². The highest BCUT2D eigenvalue weighted by Gasteiger charge is 2.09. The summed E-state index contributed by atoms with van der Waals surface area (Å²) < 4.78 is 2.02. The Bertz CT molecular complexity index is 932. The van der Waals surface area contributed by atoms with E-state index in [0.717, 1.165) is 39.1 Å². The van der Waals surface area contributed by atoms with Gasteiger partial charge in [0, 0.05) is 36.6 Å². The summed E-state index contributed by atoms with van der Waals surface area (Å²) in [7, 11) is 2.00. The lowest BCUT2D eigenvalue weighted by atomic mass is 10.1. The summed E-state index contributed by atoms with van der Waals surface area (Å²) in [5.74, 6) is 0.879. The zero-order valence-corrected chi connectivity index (χ0v) is 11.3. The fourth-order valence-corrected chi connectivity index (χ4v) is 2.58. The SMILES string of the molecule is Cc1nc2ncc(-c3ccnc4c3ccn4C)cc2[nH]1. The van der Waals surface area contributed by atoms with Gasteiger partial charge in [0.15, 0.2) is 5.65 Å². The number of imidazole rings is 1. The molecule has 0 unspecified atom stereocenters. The number of nitrogens with one attached hydrogen (secondary N) is 1. The number of hydrogen-bond acceptors (Lipinski definition) is 3. The molecule has 0 radical (unpaired) electrons. The van der Waals surface area contributed by atoms with Gasteiger partial charge in [0.05, 0.1) is 5.52 Å². The molecule has 0 atom stereocenters. The Morgan fingerprint density at radius 3 is 3.00 bits per heavy atom. The lowest BCUT2D eigenvalue weighted by Crippen LogP contribution is -1.89. The molecule has 98 valence electrons. The normalized spacial score (nSPS) is 11.5. The van der Waals surface area contributed by atoms with Crippen molar-refractivity contribution in [3.05, 3.63) is 42.6 Å². The number of pyridine rings is 2. The van der Waals surface area contributed by atoms with Crippen molar-refractivity contribution in [1.82, 2.24) is 24.5 Å². The highest BCUT2D eigenvalue weighted by Crippen LogP contribution is 2.28. The van der Waals surface area contributed by atoms with Gasteiger partial charge in [-0.15, -0.1) is 0 Å². The molecule has 5 heteroatoms. The Kier molecular flexibility index (Phi) is 2.18. The van der Waals surface area contributed by atoms with Crippen LogP contribution in [0.15, 0.2) is 36.8 Å². The van der Waals surface area contributed by atoms with Gasteiger partial charge in [-0.25, -0.2) is 15.0 Å². The quantitative estimate of drug-likeness (QED) is 0.574. The van der Waals surface area contributed by atoms with Gasteiger partial charge >= 0.3 is 0 Å². The van der Waals surface area contributed by atoms with Crippen molar-refractivity contribution in [3.8, 4) is 11.1 Å². The molecule has 20 heavy (non-hydrogen) atoms. The average Bonchev–Trinajstić information content (AvgIpc) is 3.00. The highest BCUT2D eigenvalue weighted by molar-refractivity contribution is 5.94. The number of aromatic nitrogens is 5. The first kappa shape index (κ1) is 11.2. The van der Waals surface area contributed by atoms with E-state index in [1.807, 2.05) is 43.2 Å². The molecule has 5 nitrogen and oxygen atoms in total. The second-order valence-corrected chi connectivity index (χ2v) is 4.94. The van der Waals surface area contributed by atoms with Gasteiger partial charge < -0.3 is 9.55 Å². The smallest absolute Gasteiger partial charge is 0.177 e. The number of aromatic amines is 1. The number of fused-ring (bicyclic) bond motifs is 2. The van der Waals surface area contributed by atoms with Crippen LogP contribution in [0.2, 0.25) is 0 Å². The maximum Gasteiger partial charge on any atom is 0.177 e. The molecular weight excluding hydrogens is 250 g/mol. The predicted octanol–water partition coefficient (Wildman–Crippen LogP) is 2.82. The van der Waals surface area contributed by atoms with Crippen LogP contribution in [0.25, 0.3) is 33.3 Å². The van der Waals surface area contributed by atoms with Gasteiger partial charge in [-0.1, -0.05) is 0 Å². The molecule has 0 saturated carbocycles. The summed E-state index contributed by atoms with van der Waals surface area (Å²) in [6, 6.07) is 6.19. The van der Waals surface area contributed by atoms with Crippen LogP contribution in [0.5, 0.6) is 0 Å². The topological polar surface area (TPSA) is 59.4 Å². The van der Waals surface area contributed by atoms with Crippen molar-refractivity contribution < 1.29 is 0 Å². The van der Waals surface area contributed by atoms with E-state index in [-0.39, 0.29) is 0 Å². The standard InChI is InChI=1S/C15H13N5/c1-9-18-13-7-10(8-17-14(13)19-9)11-3-5-16-15-12(11)4-6-20(15)2/h3-8H,1-2H3,(H,17,18,19). The first-order valence-corrected chi connectivity index (χ1v) is 6.45. The molecule has 0 fully saturated rings. The van der Waals surface area contributed by atoms with Crippen LogP contribution in [0, 0.1) is 6.92 Å². The third-order valence-electron chi connectivity index (χ3n) is 3.53. The van der Waals surface area contributed by atoms with E-state index in [1.54, 1.807) is 0 Å². The largest absolute Gasteiger partial charge is 0.341 e. The van der Waals surface area contributed by atoms with E-state index >= 15 is 0 Å². The fraction of sp³-hybridized carbons (Fsp3) is 0.133. The molecule has 1 N–H and O–H groups in total. The molecule has 4 aromatic heterocycles. The zero-order valence-electron chi connectivity index (χ0n) is 11.3. The van der Waals surface area contributed by atoms with Crippen molar-refractivity contribution in [2.75, 3.05) is 0 Å². The fourth-order valence-electron chi connectivity index (χ4n) is 2.58. The van der Waals surface area contributed by atoms with Crippen LogP contribution in [0.1, 0.15) is 5.82 Å². The second kappa shape index (κ2) is 3.90. The number of rotatable bonds is 1. The average molecular weight is 263 g/mol. The maximum atomic E-state index is 4.42. The second-order valence-electron chi connectivity index (χ2n) is 4.94. The van der Waals surface area contributed by atoms with Crippen molar-refractivity contribution in [3.63, 3.8) is 0 Å². The molecule has 0 saturated heterocycles. The van der Waals surface area contributed by atoms with E-state index in [0.29, 0.717) is 0 Å². The van der Waals surface area contributed by atoms with Crippen LogP contribution >= 0.6 is 0 Å². The molecule has 0 spiro atoms. The van der Waals surface area contributed by atoms with Gasteiger partial charge in [-0.3, -0.25) is 0 Å². The zero-order chi connectivity index (χ0) is 13.7. The summed E-state index contributed by atoms with van der Waals surface area (Å²) in [4.78, 5) is 16.4. The highest BCUT2D eigenvalue weighted by atomic mass is 15.0. The Balaban J connectivity index is 2.00. The van der Waals surface area contributed by atoms with Crippen molar-refractivity contribution >= 4 is 22.2 Å². The minimum Gasteiger partial charge on any atom is -0.341 e. The van der Waals surface area contributed by atoms with Crippen molar-refractivity contribution in [1.29, 1.82) is 0 Å². The third-order valence-corrected chi connectivity index (χ3v) is 3.53. The molecule has 4 heterocycles. The molecule has 0 aliphatic rings. The van der Waals surface area contributed by atoms with E-state index in [2.05, 4.69) is 32.1 Å². The molecule has 4 rings (SSSR count). The first-order chi connectivity index (χ1) is 9.72. The number of aryl methyl sites for hydroxylation is 2. The summed E-state index contributed by atoms with van der Waals surface area (Å²) in [6.45, 7) is 1.93. The Hall–Kier alpha value is -2.69. The monoisotopic (exact) mass is 263 g/mol. The van der Waals surface area contributed by atoms with Crippen LogP contribution in [-0.4, -0.2) is 24.5 Å². The molecule has 0 aromatic carbocycles. The van der Waals surface area contributed by atoms with Crippen LogP contribution in [0.4, 0.5) is 0 Å². The predicted molar refractivity (Wildman–Crippen MR) is 78.3 cm³/mol. The molecule has 0 amide bonds. The Morgan fingerprint density at radius 2 is 2.10 bits per heavy atom. The van der Waals surface area contributed by atoms with Gasteiger partial charge in [0.1, 0.15) is 11.5 Å². The van der Waals surface area contributed by atoms with E-state index in [4.69, 9.17) is 0 Å². The van der Waals surface area contributed by atoms with Gasteiger partial charge in [-0.05, 0) is 30.7 Å². The third kappa shape index (κ3) is 1.53. The molecule has 0 bridgehead atoms. The molecule has 0 aliphatic heterocycles. The van der Waals surface area contributed by atoms with Crippen LogP contribution in [-0.2, 0) is 7.05 Å². The molecule has 0 aliphatic carbocycles. The van der Waals surface area contributed by atoms with E-state index in [9.17, 15) is 0 Å².